The van der Waals surface area contributed by atoms with Gasteiger partial charge in [-0.25, -0.2) is 0 Å². The van der Waals surface area contributed by atoms with Gasteiger partial charge >= 0.3 is 0 Å². The van der Waals surface area contributed by atoms with Gasteiger partial charge in [-0.2, -0.15) is 0 Å². The van der Waals surface area contributed by atoms with E-state index in [0.29, 0.717) is 10.0 Å². The first-order valence-electron chi connectivity index (χ1n) is 2.96. The Hall–Kier alpha value is -0.200. The minimum Gasteiger partial charge on any atom is -0.0840 e. The van der Waals surface area contributed by atoms with Crippen molar-refractivity contribution < 1.29 is 0 Å². The van der Waals surface area contributed by atoms with Crippen molar-refractivity contribution in [3.63, 3.8) is 0 Å². The lowest BCUT2D eigenvalue weighted by Gasteiger charge is -2.01. The summed E-state index contributed by atoms with van der Waals surface area (Å²) in [6.07, 6.45) is 0. The van der Waals surface area contributed by atoms with E-state index in [1.54, 1.807) is 6.07 Å². The standard InChI is InChI=1S/C8H7Cl2/c1-5-3-7(9)4-8(10)6(5)2/h4H,1-2H3. The van der Waals surface area contributed by atoms with Crippen LogP contribution in [0.3, 0.4) is 0 Å². The minimum absolute atomic E-state index is 0.577. The van der Waals surface area contributed by atoms with Gasteiger partial charge in [-0.15, -0.1) is 0 Å². The second-order valence-corrected chi connectivity index (χ2v) is 3.03. The van der Waals surface area contributed by atoms with Gasteiger partial charge in [-0.05, 0) is 31.0 Å². The van der Waals surface area contributed by atoms with Crippen molar-refractivity contribution >= 4 is 23.2 Å². The molecule has 0 aliphatic carbocycles. The molecule has 0 bridgehead atoms. The van der Waals surface area contributed by atoms with E-state index in [1.165, 1.54) is 0 Å². The van der Waals surface area contributed by atoms with Crippen molar-refractivity contribution in [2.45, 2.75) is 13.8 Å². The Morgan fingerprint density at radius 3 is 2.40 bits per heavy atom. The van der Waals surface area contributed by atoms with Crippen LogP contribution in [0.25, 0.3) is 0 Å². The maximum Gasteiger partial charge on any atom is 0.0502 e. The Kier molecular flexibility index (Phi) is 2.22. The van der Waals surface area contributed by atoms with Gasteiger partial charge in [0.15, 0.2) is 0 Å². The Morgan fingerprint density at radius 2 is 1.90 bits per heavy atom. The first-order chi connectivity index (χ1) is 4.61. The number of rotatable bonds is 0. The molecule has 10 heavy (non-hydrogen) atoms. The minimum atomic E-state index is 0.577. The lowest BCUT2D eigenvalue weighted by Crippen LogP contribution is -1.81. The summed E-state index contributed by atoms with van der Waals surface area (Å²) in [4.78, 5) is 0. The van der Waals surface area contributed by atoms with Gasteiger partial charge in [0, 0.05) is 11.1 Å². The van der Waals surface area contributed by atoms with E-state index in [0.717, 1.165) is 11.1 Å². The largest absolute Gasteiger partial charge is 0.0840 e. The summed E-state index contributed by atoms with van der Waals surface area (Å²) in [6.45, 7) is 3.89. The number of hydrogen-bond donors (Lipinski definition) is 0. The van der Waals surface area contributed by atoms with E-state index in [-0.39, 0.29) is 0 Å². The molecule has 0 nitrogen and oxygen atoms in total. The lowest BCUT2D eigenvalue weighted by atomic mass is 10.1. The molecule has 0 aliphatic rings. The van der Waals surface area contributed by atoms with E-state index < -0.39 is 0 Å². The summed E-state index contributed by atoms with van der Waals surface area (Å²) in [5.74, 6) is 0. The highest BCUT2D eigenvalue weighted by Crippen LogP contribution is 2.22. The first kappa shape index (κ1) is 7.90. The van der Waals surface area contributed by atoms with E-state index in [4.69, 9.17) is 23.2 Å². The Labute approximate surface area is 70.8 Å². The average molecular weight is 174 g/mol. The Balaban J connectivity index is 3.31. The van der Waals surface area contributed by atoms with Gasteiger partial charge in [0.05, 0.1) is 5.02 Å². The normalized spacial score (nSPS) is 10.0. The van der Waals surface area contributed by atoms with Crippen molar-refractivity contribution in [3.8, 4) is 0 Å². The molecule has 0 saturated heterocycles. The van der Waals surface area contributed by atoms with Crippen molar-refractivity contribution in [1.29, 1.82) is 0 Å². The van der Waals surface area contributed by atoms with Gasteiger partial charge in [-0.3, -0.25) is 0 Å². The lowest BCUT2D eigenvalue weighted by molar-refractivity contribution is 1.33. The van der Waals surface area contributed by atoms with E-state index in [1.807, 2.05) is 13.8 Å². The Morgan fingerprint density at radius 1 is 1.30 bits per heavy atom. The fraction of sp³-hybridized carbons (Fsp3) is 0.250. The van der Waals surface area contributed by atoms with Crippen LogP contribution in [0.4, 0.5) is 0 Å². The van der Waals surface area contributed by atoms with Gasteiger partial charge in [-0.1, -0.05) is 23.2 Å². The molecule has 0 spiro atoms. The molecular formula is C8H7Cl2. The molecule has 0 fully saturated rings. The van der Waals surface area contributed by atoms with E-state index in [2.05, 4.69) is 6.07 Å². The highest BCUT2D eigenvalue weighted by atomic mass is 35.5. The molecule has 1 radical (unpaired) electrons. The number of hydrogen-bond acceptors (Lipinski definition) is 0. The topological polar surface area (TPSA) is 0 Å². The van der Waals surface area contributed by atoms with E-state index in [9.17, 15) is 0 Å². The van der Waals surface area contributed by atoms with Crippen LogP contribution in [0.1, 0.15) is 11.1 Å². The third kappa shape index (κ3) is 1.44. The van der Waals surface area contributed by atoms with Crippen LogP contribution in [0.2, 0.25) is 10.0 Å². The molecule has 1 rings (SSSR count). The van der Waals surface area contributed by atoms with Crippen LogP contribution in [-0.2, 0) is 0 Å². The van der Waals surface area contributed by atoms with Crippen LogP contribution < -0.4 is 0 Å². The third-order valence-electron chi connectivity index (χ3n) is 1.48. The van der Waals surface area contributed by atoms with Crippen molar-refractivity contribution in [3.05, 3.63) is 33.3 Å². The summed E-state index contributed by atoms with van der Waals surface area (Å²) in [6, 6.07) is 4.66. The van der Waals surface area contributed by atoms with Crippen LogP contribution in [0.15, 0.2) is 6.07 Å². The molecule has 0 N–H and O–H groups in total. The first-order valence-corrected chi connectivity index (χ1v) is 3.71. The summed E-state index contributed by atoms with van der Waals surface area (Å²) in [5.41, 5.74) is 2.06. The molecule has 2 heteroatoms. The fourth-order valence-electron chi connectivity index (χ4n) is 0.708. The molecule has 1 aromatic rings. The molecule has 0 aromatic heterocycles. The molecule has 1 aromatic carbocycles. The monoisotopic (exact) mass is 173 g/mol. The number of benzene rings is 1. The van der Waals surface area contributed by atoms with Gasteiger partial charge in [0.1, 0.15) is 0 Å². The van der Waals surface area contributed by atoms with Crippen LogP contribution in [-0.4, -0.2) is 0 Å². The summed E-state index contributed by atoms with van der Waals surface area (Å²) >= 11 is 11.5. The maximum atomic E-state index is 5.81. The number of halogens is 2. The summed E-state index contributed by atoms with van der Waals surface area (Å²) < 4.78 is 0. The molecule has 0 unspecified atom stereocenters. The van der Waals surface area contributed by atoms with Crippen LogP contribution in [0.5, 0.6) is 0 Å². The van der Waals surface area contributed by atoms with Crippen LogP contribution in [0, 0.1) is 19.9 Å². The quantitative estimate of drug-likeness (QED) is 0.565. The fourth-order valence-corrected chi connectivity index (χ4v) is 1.27. The van der Waals surface area contributed by atoms with Crippen molar-refractivity contribution in [1.82, 2.24) is 0 Å². The van der Waals surface area contributed by atoms with E-state index >= 15 is 0 Å². The predicted octanol–water partition coefficient (Wildman–Crippen LogP) is 3.41. The highest BCUT2D eigenvalue weighted by molar-refractivity contribution is 6.35. The van der Waals surface area contributed by atoms with Crippen LogP contribution >= 0.6 is 23.2 Å². The van der Waals surface area contributed by atoms with Gasteiger partial charge < -0.3 is 0 Å². The summed E-state index contributed by atoms with van der Waals surface area (Å²) in [7, 11) is 0. The Bertz CT molecular complexity index is 230. The molecule has 53 valence electrons. The van der Waals surface area contributed by atoms with Crippen molar-refractivity contribution in [2.24, 2.45) is 0 Å². The molecule has 0 heterocycles. The zero-order chi connectivity index (χ0) is 7.72. The highest BCUT2D eigenvalue weighted by Gasteiger charge is 1.99. The van der Waals surface area contributed by atoms with Gasteiger partial charge in [0.25, 0.3) is 0 Å². The van der Waals surface area contributed by atoms with Gasteiger partial charge in [0.2, 0.25) is 0 Å². The second kappa shape index (κ2) is 2.81. The zero-order valence-corrected chi connectivity index (χ0v) is 7.35. The molecule has 0 amide bonds. The predicted molar refractivity (Wildman–Crippen MR) is 44.8 cm³/mol. The molecular weight excluding hydrogens is 167 g/mol. The SMILES string of the molecule is Cc1[c]c(Cl)cc(Cl)c1C. The average Bonchev–Trinajstić information content (AvgIpc) is 1.82. The molecule has 0 saturated carbocycles. The number of aryl methyl sites for hydroxylation is 1. The molecule has 0 aliphatic heterocycles. The maximum absolute atomic E-state index is 5.81. The second-order valence-electron chi connectivity index (χ2n) is 2.22. The molecule has 0 atom stereocenters. The zero-order valence-electron chi connectivity index (χ0n) is 5.83. The third-order valence-corrected chi connectivity index (χ3v) is 2.08. The smallest absolute Gasteiger partial charge is 0.0502 e. The van der Waals surface area contributed by atoms with Crippen molar-refractivity contribution in [2.75, 3.05) is 0 Å². The summed E-state index contributed by atoms with van der Waals surface area (Å²) in [5, 5.41) is 1.29.